The maximum absolute atomic E-state index is 5.17. The van der Waals surface area contributed by atoms with Crippen LogP contribution in [0.2, 0.25) is 0 Å². The van der Waals surface area contributed by atoms with Gasteiger partial charge >= 0.3 is 0 Å². The molecule has 1 aliphatic rings. The second kappa shape index (κ2) is 5.30. The maximum Gasteiger partial charge on any atom is 0.215 e. The van der Waals surface area contributed by atoms with Gasteiger partial charge in [0, 0.05) is 11.8 Å². The molecular weight excluding hydrogens is 200 g/mol. The minimum Gasteiger partial charge on any atom is -0.481 e. The van der Waals surface area contributed by atoms with Crippen molar-refractivity contribution in [3.05, 3.63) is 23.4 Å². The predicted molar refractivity (Wildman–Crippen MR) is 64.8 cm³/mol. The number of pyridine rings is 1. The van der Waals surface area contributed by atoms with Crippen LogP contribution in [0.1, 0.15) is 24.0 Å². The molecule has 1 atom stereocenters. The molecule has 0 saturated carbocycles. The highest BCUT2D eigenvalue weighted by Gasteiger charge is 2.14. The summed E-state index contributed by atoms with van der Waals surface area (Å²) in [6.07, 6.45) is 5.70. The quantitative estimate of drug-likeness (QED) is 0.845. The van der Waals surface area contributed by atoms with E-state index in [1.807, 2.05) is 6.20 Å². The first-order valence-electron chi connectivity index (χ1n) is 6.00. The van der Waals surface area contributed by atoms with Gasteiger partial charge in [0.15, 0.2) is 0 Å². The Balaban J connectivity index is 2.01. The minimum atomic E-state index is 0.741. The summed E-state index contributed by atoms with van der Waals surface area (Å²) < 4.78 is 5.17. The summed E-state index contributed by atoms with van der Waals surface area (Å²) in [5.74, 6) is 1.51. The van der Waals surface area contributed by atoms with Gasteiger partial charge in [-0.3, -0.25) is 0 Å². The molecule has 0 bridgehead atoms. The van der Waals surface area contributed by atoms with E-state index < -0.39 is 0 Å². The molecule has 2 rings (SSSR count). The summed E-state index contributed by atoms with van der Waals surface area (Å²) in [5, 5.41) is 3.45. The van der Waals surface area contributed by atoms with Gasteiger partial charge in [0.05, 0.1) is 7.11 Å². The predicted octanol–water partition coefficient (Wildman–Crippen LogP) is 1.94. The summed E-state index contributed by atoms with van der Waals surface area (Å²) in [5.41, 5.74) is 2.45. The molecule has 1 saturated heterocycles. The standard InChI is InChI=1S/C13H20N2O/c1-10-6-12(9-15-13(10)16-2)7-11-4-3-5-14-8-11/h6,9,11,14H,3-5,7-8H2,1-2H3. The number of hydrogen-bond acceptors (Lipinski definition) is 3. The molecule has 0 spiro atoms. The average Bonchev–Trinajstić information content (AvgIpc) is 2.31. The van der Waals surface area contributed by atoms with Gasteiger partial charge in [-0.2, -0.15) is 0 Å². The summed E-state index contributed by atoms with van der Waals surface area (Å²) in [4.78, 5) is 4.32. The normalized spacial score (nSPS) is 20.8. The number of piperidine rings is 1. The van der Waals surface area contributed by atoms with Crippen LogP contribution in [0.3, 0.4) is 0 Å². The van der Waals surface area contributed by atoms with Crippen molar-refractivity contribution in [3.8, 4) is 5.88 Å². The second-order valence-corrected chi connectivity index (χ2v) is 4.59. The molecule has 1 N–H and O–H groups in total. The Morgan fingerprint density at radius 2 is 2.44 bits per heavy atom. The minimum absolute atomic E-state index is 0.741. The van der Waals surface area contributed by atoms with E-state index in [-0.39, 0.29) is 0 Å². The smallest absolute Gasteiger partial charge is 0.215 e. The van der Waals surface area contributed by atoms with Crippen LogP contribution >= 0.6 is 0 Å². The molecule has 16 heavy (non-hydrogen) atoms. The molecule has 2 heterocycles. The van der Waals surface area contributed by atoms with Gasteiger partial charge in [0.25, 0.3) is 0 Å². The van der Waals surface area contributed by atoms with Crippen LogP contribution in [0.15, 0.2) is 12.3 Å². The fourth-order valence-corrected chi connectivity index (χ4v) is 2.38. The Morgan fingerprint density at radius 1 is 1.56 bits per heavy atom. The molecule has 0 aromatic carbocycles. The largest absolute Gasteiger partial charge is 0.481 e. The molecule has 3 heteroatoms. The van der Waals surface area contributed by atoms with E-state index in [2.05, 4.69) is 23.3 Å². The van der Waals surface area contributed by atoms with Crippen LogP contribution < -0.4 is 10.1 Å². The van der Waals surface area contributed by atoms with Gasteiger partial charge < -0.3 is 10.1 Å². The lowest BCUT2D eigenvalue weighted by atomic mass is 9.93. The summed E-state index contributed by atoms with van der Waals surface area (Å²) in [6.45, 7) is 4.37. The Bertz CT molecular complexity index is 346. The van der Waals surface area contributed by atoms with Gasteiger partial charge in [0.1, 0.15) is 0 Å². The monoisotopic (exact) mass is 220 g/mol. The van der Waals surface area contributed by atoms with Crippen molar-refractivity contribution in [3.63, 3.8) is 0 Å². The zero-order valence-corrected chi connectivity index (χ0v) is 10.1. The highest BCUT2D eigenvalue weighted by atomic mass is 16.5. The third-order valence-corrected chi connectivity index (χ3v) is 3.20. The van der Waals surface area contributed by atoms with Crippen molar-refractivity contribution in [2.45, 2.75) is 26.2 Å². The van der Waals surface area contributed by atoms with Crippen LogP contribution in [0.4, 0.5) is 0 Å². The number of nitrogens with zero attached hydrogens (tertiary/aromatic N) is 1. The summed E-state index contributed by atoms with van der Waals surface area (Å²) in [6, 6.07) is 2.19. The molecule has 1 aromatic heterocycles. The van der Waals surface area contributed by atoms with Crippen LogP contribution in [0, 0.1) is 12.8 Å². The summed E-state index contributed by atoms with van der Waals surface area (Å²) >= 11 is 0. The van der Waals surface area contributed by atoms with Crippen molar-refractivity contribution in [1.29, 1.82) is 0 Å². The number of rotatable bonds is 3. The van der Waals surface area contributed by atoms with Crippen molar-refractivity contribution in [2.24, 2.45) is 5.92 Å². The maximum atomic E-state index is 5.17. The fourth-order valence-electron chi connectivity index (χ4n) is 2.38. The number of methoxy groups -OCH3 is 1. The lowest BCUT2D eigenvalue weighted by Gasteiger charge is -2.22. The molecule has 1 fully saturated rings. The lowest BCUT2D eigenvalue weighted by Crippen LogP contribution is -2.30. The lowest BCUT2D eigenvalue weighted by molar-refractivity contribution is 0.373. The number of aryl methyl sites for hydroxylation is 1. The highest BCUT2D eigenvalue weighted by molar-refractivity contribution is 5.28. The molecule has 0 amide bonds. The number of nitrogens with one attached hydrogen (secondary N) is 1. The molecule has 3 nitrogen and oxygen atoms in total. The van der Waals surface area contributed by atoms with E-state index in [0.29, 0.717) is 0 Å². The Kier molecular flexibility index (Phi) is 3.78. The molecule has 88 valence electrons. The van der Waals surface area contributed by atoms with Crippen molar-refractivity contribution >= 4 is 0 Å². The molecule has 1 aliphatic heterocycles. The van der Waals surface area contributed by atoms with E-state index in [1.165, 1.54) is 24.9 Å². The first kappa shape index (κ1) is 11.4. The zero-order chi connectivity index (χ0) is 11.4. The van der Waals surface area contributed by atoms with E-state index in [1.54, 1.807) is 7.11 Å². The van der Waals surface area contributed by atoms with E-state index >= 15 is 0 Å². The van der Waals surface area contributed by atoms with Gasteiger partial charge in [-0.25, -0.2) is 4.98 Å². The fraction of sp³-hybridized carbons (Fsp3) is 0.615. The van der Waals surface area contributed by atoms with Crippen LogP contribution in [-0.2, 0) is 6.42 Å². The van der Waals surface area contributed by atoms with Gasteiger partial charge in [0.2, 0.25) is 5.88 Å². The molecule has 0 aliphatic carbocycles. The topological polar surface area (TPSA) is 34.1 Å². The molecule has 0 radical (unpaired) electrons. The van der Waals surface area contributed by atoms with Crippen LogP contribution in [-0.4, -0.2) is 25.2 Å². The molecule has 1 aromatic rings. The average molecular weight is 220 g/mol. The Morgan fingerprint density at radius 3 is 3.06 bits per heavy atom. The first-order valence-corrected chi connectivity index (χ1v) is 6.00. The second-order valence-electron chi connectivity index (χ2n) is 4.59. The van der Waals surface area contributed by atoms with Crippen LogP contribution in [0.25, 0.3) is 0 Å². The van der Waals surface area contributed by atoms with E-state index in [4.69, 9.17) is 4.74 Å². The summed E-state index contributed by atoms with van der Waals surface area (Å²) in [7, 11) is 1.67. The Labute approximate surface area is 97.2 Å². The van der Waals surface area contributed by atoms with Gasteiger partial charge in [-0.1, -0.05) is 0 Å². The third-order valence-electron chi connectivity index (χ3n) is 3.20. The first-order chi connectivity index (χ1) is 7.79. The van der Waals surface area contributed by atoms with E-state index in [9.17, 15) is 0 Å². The zero-order valence-electron chi connectivity index (χ0n) is 10.1. The SMILES string of the molecule is COc1ncc(CC2CCCNC2)cc1C. The van der Waals surface area contributed by atoms with Crippen molar-refractivity contribution in [1.82, 2.24) is 10.3 Å². The number of hydrogen-bond donors (Lipinski definition) is 1. The molecule has 1 unspecified atom stereocenters. The van der Waals surface area contributed by atoms with Gasteiger partial charge in [-0.05, 0) is 56.8 Å². The number of ether oxygens (including phenoxy) is 1. The van der Waals surface area contributed by atoms with E-state index in [0.717, 1.165) is 30.3 Å². The van der Waals surface area contributed by atoms with Crippen LogP contribution in [0.5, 0.6) is 5.88 Å². The van der Waals surface area contributed by atoms with Gasteiger partial charge in [-0.15, -0.1) is 0 Å². The van der Waals surface area contributed by atoms with Crippen molar-refractivity contribution in [2.75, 3.05) is 20.2 Å². The molecular formula is C13H20N2O. The Hall–Kier alpha value is -1.09. The number of aromatic nitrogens is 1. The third kappa shape index (κ3) is 2.73. The highest BCUT2D eigenvalue weighted by Crippen LogP contribution is 2.20. The van der Waals surface area contributed by atoms with Crippen molar-refractivity contribution < 1.29 is 4.74 Å².